The smallest absolute Gasteiger partial charge is 0.252 e. The molecule has 0 aliphatic rings. The largest absolute Gasteiger partial charge is 0.348 e. The zero-order chi connectivity index (χ0) is 13.5. The molecule has 0 spiro atoms. The van der Waals surface area contributed by atoms with Crippen molar-refractivity contribution in [2.75, 3.05) is 6.54 Å². The maximum absolute atomic E-state index is 12.2. The van der Waals surface area contributed by atoms with Gasteiger partial charge >= 0.3 is 0 Å². The number of carbonyl (C=O) groups is 1. The summed E-state index contributed by atoms with van der Waals surface area (Å²) in [7, 11) is 0. The topological polar surface area (TPSA) is 55.1 Å². The van der Waals surface area contributed by atoms with Crippen LogP contribution >= 0.6 is 38.5 Å². The Morgan fingerprint density at radius 2 is 2.28 bits per heavy atom. The fraction of sp³-hybridized carbons (Fsp3) is 0.462. The van der Waals surface area contributed by atoms with Crippen molar-refractivity contribution >= 4 is 44.4 Å². The normalized spacial score (nSPS) is 12.2. The summed E-state index contributed by atoms with van der Waals surface area (Å²) in [6.07, 6.45) is 3.13. The highest BCUT2D eigenvalue weighted by Gasteiger charge is 2.14. The maximum Gasteiger partial charge on any atom is 0.252 e. The van der Waals surface area contributed by atoms with Crippen molar-refractivity contribution in [3.63, 3.8) is 0 Å². The number of unbranched alkanes of at least 4 members (excludes halogenated alkanes) is 1. The molecule has 0 bridgehead atoms. The maximum atomic E-state index is 12.2. The first-order chi connectivity index (χ1) is 8.58. The predicted octanol–water partition coefficient (Wildman–Crippen LogP) is 3.30. The zero-order valence-electron chi connectivity index (χ0n) is 10.4. The van der Waals surface area contributed by atoms with Gasteiger partial charge in [-0.25, -0.2) is 0 Å². The third-order valence-electron chi connectivity index (χ3n) is 2.70. The molecule has 1 atom stereocenters. The lowest BCUT2D eigenvalue weighted by Gasteiger charge is -2.17. The molecule has 0 aromatic heterocycles. The molecule has 5 heteroatoms. The number of halogens is 2. The molecule has 1 aromatic rings. The molecule has 1 unspecified atom stereocenters. The molecular weight excluding hydrogens is 407 g/mol. The van der Waals surface area contributed by atoms with E-state index in [1.165, 1.54) is 0 Å². The Kier molecular flexibility index (Phi) is 7.18. The van der Waals surface area contributed by atoms with Gasteiger partial charge in [0.25, 0.3) is 5.91 Å². The van der Waals surface area contributed by atoms with Gasteiger partial charge in [-0.2, -0.15) is 0 Å². The summed E-state index contributed by atoms with van der Waals surface area (Å²) in [5.74, 6) is -0.0488. The Balaban J connectivity index is 2.71. The van der Waals surface area contributed by atoms with Gasteiger partial charge in [-0.15, -0.1) is 0 Å². The molecule has 3 N–H and O–H groups in total. The lowest BCUT2D eigenvalue weighted by atomic mass is 10.1. The van der Waals surface area contributed by atoms with Gasteiger partial charge in [0.15, 0.2) is 0 Å². The van der Waals surface area contributed by atoms with E-state index in [0.29, 0.717) is 12.1 Å². The minimum absolute atomic E-state index is 0.0488. The van der Waals surface area contributed by atoms with Crippen LogP contribution in [0.1, 0.15) is 36.5 Å². The first-order valence-electron chi connectivity index (χ1n) is 6.04. The van der Waals surface area contributed by atoms with E-state index in [9.17, 15) is 4.79 Å². The number of amides is 1. The van der Waals surface area contributed by atoms with Crippen molar-refractivity contribution in [3.05, 3.63) is 31.8 Å². The van der Waals surface area contributed by atoms with Gasteiger partial charge < -0.3 is 11.1 Å². The average Bonchev–Trinajstić information content (AvgIpc) is 2.37. The van der Waals surface area contributed by atoms with Crippen LogP contribution in [-0.2, 0) is 0 Å². The summed E-state index contributed by atoms with van der Waals surface area (Å²) in [6.45, 7) is 2.61. The summed E-state index contributed by atoms with van der Waals surface area (Å²) in [5, 5.41) is 3.00. The van der Waals surface area contributed by atoms with Crippen LogP contribution < -0.4 is 11.1 Å². The van der Waals surface area contributed by atoms with E-state index < -0.39 is 0 Å². The van der Waals surface area contributed by atoms with Crippen molar-refractivity contribution in [3.8, 4) is 0 Å². The SMILES string of the molecule is CCCCC(CN)NC(=O)c1cc(Br)ccc1I. The van der Waals surface area contributed by atoms with Gasteiger partial charge in [0.05, 0.1) is 5.56 Å². The minimum Gasteiger partial charge on any atom is -0.348 e. The highest BCUT2D eigenvalue weighted by Crippen LogP contribution is 2.18. The van der Waals surface area contributed by atoms with E-state index >= 15 is 0 Å². The lowest BCUT2D eigenvalue weighted by molar-refractivity contribution is 0.0935. The second-order valence-electron chi connectivity index (χ2n) is 4.17. The number of nitrogens with one attached hydrogen (secondary N) is 1. The highest BCUT2D eigenvalue weighted by atomic mass is 127. The Hall–Kier alpha value is -0.140. The third-order valence-corrected chi connectivity index (χ3v) is 4.13. The lowest BCUT2D eigenvalue weighted by Crippen LogP contribution is -2.40. The molecule has 0 fully saturated rings. The van der Waals surface area contributed by atoms with Gasteiger partial charge in [-0.3, -0.25) is 4.79 Å². The second kappa shape index (κ2) is 8.12. The van der Waals surface area contributed by atoms with Crippen LogP contribution in [0.3, 0.4) is 0 Å². The molecule has 100 valence electrons. The van der Waals surface area contributed by atoms with Crippen LogP contribution in [0, 0.1) is 3.57 Å². The molecular formula is C13H18BrIN2O. The van der Waals surface area contributed by atoms with Gasteiger partial charge in [-0.1, -0.05) is 35.7 Å². The molecule has 3 nitrogen and oxygen atoms in total. The highest BCUT2D eigenvalue weighted by molar-refractivity contribution is 14.1. The minimum atomic E-state index is -0.0488. The van der Waals surface area contributed by atoms with Crippen LogP contribution in [-0.4, -0.2) is 18.5 Å². The monoisotopic (exact) mass is 424 g/mol. The molecule has 0 heterocycles. The van der Waals surface area contributed by atoms with Crippen molar-refractivity contribution in [1.29, 1.82) is 0 Å². The standard InChI is InChI=1S/C13H18BrIN2O/c1-2-3-4-10(8-16)17-13(18)11-7-9(14)5-6-12(11)15/h5-7,10H,2-4,8,16H2,1H3,(H,17,18). The summed E-state index contributed by atoms with van der Waals surface area (Å²) in [4.78, 5) is 12.2. The summed E-state index contributed by atoms with van der Waals surface area (Å²) in [6, 6.07) is 5.75. The first-order valence-corrected chi connectivity index (χ1v) is 7.91. The number of benzene rings is 1. The fourth-order valence-corrected chi connectivity index (χ4v) is 2.58. The first kappa shape index (κ1) is 15.9. The van der Waals surface area contributed by atoms with Crippen LogP contribution in [0.5, 0.6) is 0 Å². The molecule has 0 saturated heterocycles. The molecule has 0 saturated carbocycles. The Bertz CT molecular complexity index is 412. The average molecular weight is 425 g/mol. The van der Waals surface area contributed by atoms with Gasteiger partial charge in [0.2, 0.25) is 0 Å². The quantitative estimate of drug-likeness (QED) is 0.688. The Morgan fingerprint density at radius 3 is 2.89 bits per heavy atom. The molecule has 0 aliphatic heterocycles. The van der Waals surface area contributed by atoms with Crippen LogP contribution in [0.15, 0.2) is 22.7 Å². The Labute approximate surface area is 130 Å². The van der Waals surface area contributed by atoms with E-state index in [2.05, 4.69) is 50.8 Å². The number of hydrogen-bond donors (Lipinski definition) is 2. The zero-order valence-corrected chi connectivity index (χ0v) is 14.1. The van der Waals surface area contributed by atoms with Crippen LogP contribution in [0.2, 0.25) is 0 Å². The number of carbonyl (C=O) groups excluding carboxylic acids is 1. The molecule has 1 rings (SSSR count). The second-order valence-corrected chi connectivity index (χ2v) is 6.25. The van der Waals surface area contributed by atoms with Crippen LogP contribution in [0.4, 0.5) is 0 Å². The summed E-state index contributed by atoms with van der Waals surface area (Å²) >= 11 is 5.55. The van der Waals surface area contributed by atoms with Crippen LogP contribution in [0.25, 0.3) is 0 Å². The summed E-state index contributed by atoms with van der Waals surface area (Å²) in [5.41, 5.74) is 6.38. The van der Waals surface area contributed by atoms with E-state index in [1.54, 1.807) is 0 Å². The number of rotatable bonds is 6. The predicted molar refractivity (Wildman–Crippen MR) is 86.7 cm³/mol. The van der Waals surface area contributed by atoms with E-state index in [1.807, 2.05) is 18.2 Å². The van der Waals surface area contributed by atoms with Crippen molar-refractivity contribution < 1.29 is 4.79 Å². The van der Waals surface area contributed by atoms with Crippen molar-refractivity contribution in [2.24, 2.45) is 5.73 Å². The van der Waals surface area contributed by atoms with E-state index in [-0.39, 0.29) is 11.9 Å². The molecule has 1 amide bonds. The number of hydrogen-bond acceptors (Lipinski definition) is 2. The number of nitrogens with two attached hydrogens (primary N) is 1. The van der Waals surface area contributed by atoms with Gasteiger partial charge in [0, 0.05) is 20.6 Å². The molecule has 0 aliphatic carbocycles. The van der Waals surface area contributed by atoms with Crippen molar-refractivity contribution in [2.45, 2.75) is 32.2 Å². The molecule has 1 aromatic carbocycles. The van der Waals surface area contributed by atoms with E-state index in [0.717, 1.165) is 27.3 Å². The molecule has 0 radical (unpaired) electrons. The molecule has 18 heavy (non-hydrogen) atoms. The Morgan fingerprint density at radius 1 is 1.56 bits per heavy atom. The fourth-order valence-electron chi connectivity index (χ4n) is 1.63. The van der Waals surface area contributed by atoms with Gasteiger partial charge in [-0.05, 0) is 47.2 Å². The van der Waals surface area contributed by atoms with Crippen molar-refractivity contribution in [1.82, 2.24) is 5.32 Å². The van der Waals surface area contributed by atoms with Gasteiger partial charge in [0.1, 0.15) is 0 Å². The third kappa shape index (κ3) is 4.85. The summed E-state index contributed by atoms with van der Waals surface area (Å²) < 4.78 is 1.85. The van der Waals surface area contributed by atoms with E-state index in [4.69, 9.17) is 5.73 Å².